The van der Waals surface area contributed by atoms with Crippen LogP contribution in [-0.2, 0) is 10.0 Å². The number of fused-ring (bicyclic) bond motifs is 2. The molecule has 4 unspecified atom stereocenters. The number of amides is 2. The van der Waals surface area contributed by atoms with Crippen LogP contribution in [0.4, 0.5) is 4.79 Å². The second kappa shape index (κ2) is 8.23. The van der Waals surface area contributed by atoms with Crippen molar-refractivity contribution in [1.29, 1.82) is 0 Å². The van der Waals surface area contributed by atoms with Crippen LogP contribution in [0.2, 0.25) is 5.02 Å². The van der Waals surface area contributed by atoms with Crippen LogP contribution in [0.15, 0.2) is 29.2 Å². The lowest BCUT2D eigenvalue weighted by atomic mass is 9.79. The summed E-state index contributed by atoms with van der Waals surface area (Å²) in [6.07, 6.45) is 9.43. The van der Waals surface area contributed by atoms with Gasteiger partial charge in [-0.2, -0.15) is 4.31 Å². The predicted molar refractivity (Wildman–Crippen MR) is 120 cm³/mol. The number of hydrogen-bond donors (Lipinski definition) is 2. The van der Waals surface area contributed by atoms with Gasteiger partial charge in [-0.05, 0) is 86.5 Å². The molecule has 1 aliphatic heterocycles. The molecule has 1 saturated heterocycles. The Balaban J connectivity index is 1.15. The smallest absolute Gasteiger partial charge is 0.315 e. The van der Waals surface area contributed by atoms with Gasteiger partial charge >= 0.3 is 6.03 Å². The van der Waals surface area contributed by atoms with Crippen LogP contribution in [0.3, 0.4) is 0 Å². The van der Waals surface area contributed by atoms with Crippen LogP contribution < -0.4 is 10.6 Å². The van der Waals surface area contributed by atoms with E-state index in [1.165, 1.54) is 36.4 Å². The highest BCUT2D eigenvalue weighted by atomic mass is 35.5. The number of carbonyl (C=O) groups is 1. The second-order valence-electron chi connectivity index (χ2n) is 10.2. The van der Waals surface area contributed by atoms with E-state index in [4.69, 9.17) is 11.6 Å². The lowest BCUT2D eigenvalue weighted by molar-refractivity contribution is 0.196. The SMILES string of the molecule is O=C(NCC1CCN(S(=O)(=O)c2ccc(Cl)cc2)C1)N[C@@]12CCCC3CC(CC1C3)C2. The lowest BCUT2D eigenvalue weighted by Crippen LogP contribution is -2.54. The van der Waals surface area contributed by atoms with E-state index >= 15 is 0 Å². The third-order valence-electron chi connectivity index (χ3n) is 8.19. The first kappa shape index (κ1) is 21.5. The summed E-state index contributed by atoms with van der Waals surface area (Å²) >= 11 is 5.88. The molecule has 5 rings (SSSR count). The molecule has 1 aromatic carbocycles. The standard InChI is InChI=1S/C23H32ClN3O3S/c24-20-3-5-21(6-4-20)31(29,30)27-9-7-17(15-27)14-25-22(28)26-23-8-1-2-16-10-18(13-23)12-19(23)11-16/h3-6,16-19H,1-2,7-15H2,(H2,25,26,28)/t16?,17?,18?,19?,23-/m1/s1. The molecule has 170 valence electrons. The minimum atomic E-state index is -3.52. The molecular formula is C23H32ClN3O3S. The van der Waals surface area contributed by atoms with Crippen LogP contribution >= 0.6 is 11.6 Å². The van der Waals surface area contributed by atoms with Crippen molar-refractivity contribution in [3.05, 3.63) is 29.3 Å². The van der Waals surface area contributed by atoms with Gasteiger partial charge in [-0.3, -0.25) is 0 Å². The topological polar surface area (TPSA) is 78.5 Å². The molecule has 0 aromatic heterocycles. The summed E-state index contributed by atoms with van der Waals surface area (Å²) in [6, 6.07) is 6.21. The summed E-state index contributed by atoms with van der Waals surface area (Å²) in [5, 5.41) is 6.97. The normalized spacial score (nSPS) is 35.1. The molecule has 3 aliphatic carbocycles. The van der Waals surface area contributed by atoms with Crippen molar-refractivity contribution in [2.24, 2.45) is 23.7 Å². The van der Waals surface area contributed by atoms with Crippen molar-refractivity contribution in [2.45, 2.75) is 61.8 Å². The summed E-state index contributed by atoms with van der Waals surface area (Å²) in [6.45, 7) is 1.42. The molecule has 4 aliphatic rings. The van der Waals surface area contributed by atoms with Crippen LogP contribution in [0.5, 0.6) is 0 Å². The average molecular weight is 466 g/mol. The Labute approximate surface area is 190 Å². The third kappa shape index (κ3) is 4.21. The molecule has 1 aromatic rings. The number of rotatable bonds is 5. The van der Waals surface area contributed by atoms with Gasteiger partial charge in [0, 0.05) is 30.2 Å². The molecule has 31 heavy (non-hydrogen) atoms. The lowest BCUT2D eigenvalue weighted by Gasteiger charge is -2.35. The first-order chi connectivity index (χ1) is 14.8. The number of urea groups is 1. The fraction of sp³-hybridized carbons (Fsp3) is 0.696. The molecule has 5 atom stereocenters. The molecule has 8 heteroatoms. The van der Waals surface area contributed by atoms with E-state index in [-0.39, 0.29) is 22.4 Å². The van der Waals surface area contributed by atoms with E-state index in [0.717, 1.165) is 31.1 Å². The van der Waals surface area contributed by atoms with Crippen LogP contribution in [-0.4, -0.2) is 43.9 Å². The summed E-state index contributed by atoms with van der Waals surface area (Å²) in [7, 11) is -3.52. The number of sulfonamides is 1. The number of benzene rings is 1. The van der Waals surface area contributed by atoms with Gasteiger partial charge < -0.3 is 10.6 Å². The van der Waals surface area contributed by atoms with Crippen molar-refractivity contribution in [1.82, 2.24) is 14.9 Å². The van der Waals surface area contributed by atoms with E-state index in [1.54, 1.807) is 24.3 Å². The molecule has 0 spiro atoms. The van der Waals surface area contributed by atoms with Gasteiger partial charge in [0.05, 0.1) is 4.90 Å². The van der Waals surface area contributed by atoms with E-state index in [0.29, 0.717) is 30.6 Å². The summed E-state index contributed by atoms with van der Waals surface area (Å²) < 4.78 is 27.3. The Morgan fingerprint density at radius 3 is 2.71 bits per heavy atom. The van der Waals surface area contributed by atoms with Crippen molar-refractivity contribution in [2.75, 3.05) is 19.6 Å². The van der Waals surface area contributed by atoms with Crippen molar-refractivity contribution >= 4 is 27.7 Å². The minimum Gasteiger partial charge on any atom is -0.338 e. The highest BCUT2D eigenvalue weighted by Gasteiger charge is 2.52. The molecule has 3 bridgehead atoms. The zero-order valence-electron chi connectivity index (χ0n) is 17.9. The molecular weight excluding hydrogens is 434 g/mol. The Bertz CT molecular complexity index is 938. The summed E-state index contributed by atoms with van der Waals surface area (Å²) in [5.74, 6) is 2.42. The van der Waals surface area contributed by atoms with Crippen molar-refractivity contribution < 1.29 is 13.2 Å². The quantitative estimate of drug-likeness (QED) is 0.689. The van der Waals surface area contributed by atoms with Gasteiger partial charge in [0.1, 0.15) is 0 Å². The van der Waals surface area contributed by atoms with Gasteiger partial charge in [0.15, 0.2) is 0 Å². The van der Waals surface area contributed by atoms with E-state index in [9.17, 15) is 13.2 Å². The molecule has 3 saturated carbocycles. The van der Waals surface area contributed by atoms with Crippen molar-refractivity contribution in [3.8, 4) is 0 Å². The Hall–Kier alpha value is -1.31. The van der Waals surface area contributed by atoms with Gasteiger partial charge in [0.25, 0.3) is 0 Å². The van der Waals surface area contributed by atoms with Gasteiger partial charge in [0.2, 0.25) is 10.0 Å². The predicted octanol–water partition coefficient (Wildman–Crippen LogP) is 4.01. The first-order valence-corrected chi connectivity index (χ1v) is 13.5. The fourth-order valence-electron chi connectivity index (χ4n) is 6.77. The third-order valence-corrected chi connectivity index (χ3v) is 10.3. The molecule has 4 fully saturated rings. The summed E-state index contributed by atoms with van der Waals surface area (Å²) in [5.41, 5.74) is -0.0143. The largest absolute Gasteiger partial charge is 0.338 e. The highest BCUT2D eigenvalue weighted by molar-refractivity contribution is 7.89. The first-order valence-electron chi connectivity index (χ1n) is 11.7. The van der Waals surface area contributed by atoms with E-state index < -0.39 is 10.0 Å². The number of nitrogens with one attached hydrogen (secondary N) is 2. The minimum absolute atomic E-state index is 0.0143. The van der Waals surface area contributed by atoms with Crippen molar-refractivity contribution in [3.63, 3.8) is 0 Å². The monoisotopic (exact) mass is 465 g/mol. The van der Waals surface area contributed by atoms with Crippen LogP contribution in [0, 0.1) is 23.7 Å². The number of halogens is 1. The van der Waals surface area contributed by atoms with Crippen LogP contribution in [0.1, 0.15) is 51.4 Å². The average Bonchev–Trinajstić information content (AvgIpc) is 3.27. The number of hydrogen-bond acceptors (Lipinski definition) is 3. The Morgan fingerprint density at radius 1 is 1.13 bits per heavy atom. The second-order valence-corrected chi connectivity index (χ2v) is 12.6. The zero-order chi connectivity index (χ0) is 21.6. The zero-order valence-corrected chi connectivity index (χ0v) is 19.4. The van der Waals surface area contributed by atoms with Gasteiger partial charge in [-0.25, -0.2) is 13.2 Å². The number of nitrogens with zero attached hydrogens (tertiary/aromatic N) is 1. The van der Waals surface area contributed by atoms with Gasteiger partial charge in [-0.15, -0.1) is 0 Å². The van der Waals surface area contributed by atoms with E-state index in [1.807, 2.05) is 0 Å². The molecule has 6 nitrogen and oxygen atoms in total. The maximum absolute atomic E-state index is 12.9. The summed E-state index contributed by atoms with van der Waals surface area (Å²) in [4.78, 5) is 13.1. The molecule has 2 N–H and O–H groups in total. The molecule has 0 radical (unpaired) electrons. The molecule has 1 heterocycles. The molecule has 2 amide bonds. The number of carbonyl (C=O) groups excluding carboxylic acids is 1. The van der Waals surface area contributed by atoms with Gasteiger partial charge in [-0.1, -0.05) is 24.4 Å². The Kier molecular flexibility index (Phi) is 5.72. The highest BCUT2D eigenvalue weighted by Crippen LogP contribution is 2.55. The van der Waals surface area contributed by atoms with Crippen LogP contribution in [0.25, 0.3) is 0 Å². The maximum Gasteiger partial charge on any atom is 0.315 e. The van der Waals surface area contributed by atoms with E-state index in [2.05, 4.69) is 10.6 Å². The fourth-order valence-corrected chi connectivity index (χ4v) is 8.43. The Morgan fingerprint density at radius 2 is 1.90 bits per heavy atom. The maximum atomic E-state index is 12.9.